The van der Waals surface area contributed by atoms with E-state index in [0.717, 1.165) is 62.0 Å². The zero-order valence-corrected chi connectivity index (χ0v) is 20.6. The molecule has 3 heterocycles. The van der Waals surface area contributed by atoms with Crippen LogP contribution in [0, 0.1) is 25.7 Å². The van der Waals surface area contributed by atoms with Crippen LogP contribution in [0.4, 0.5) is 0 Å². The van der Waals surface area contributed by atoms with Crippen LogP contribution in [-0.2, 0) is 29.0 Å². The molecule has 2 unspecified atom stereocenters. The fourth-order valence-electron chi connectivity index (χ4n) is 4.80. The summed E-state index contributed by atoms with van der Waals surface area (Å²) in [6.45, 7) is 13.2. The lowest BCUT2D eigenvalue weighted by Gasteiger charge is -2.25. The summed E-state index contributed by atoms with van der Waals surface area (Å²) in [4.78, 5) is 15.3. The van der Waals surface area contributed by atoms with Crippen LogP contribution in [0.1, 0.15) is 54.6 Å². The number of ether oxygens (including phenoxy) is 2. The number of rotatable bonds is 7. The maximum atomic E-state index is 12.8. The van der Waals surface area contributed by atoms with E-state index >= 15 is 0 Å². The van der Waals surface area contributed by atoms with Gasteiger partial charge in [-0.05, 0) is 48.9 Å². The average Bonchev–Trinajstić information content (AvgIpc) is 3.42. The molecule has 1 aromatic carbocycles. The minimum atomic E-state index is -0.155. The van der Waals surface area contributed by atoms with Gasteiger partial charge >= 0.3 is 0 Å². The highest BCUT2D eigenvalue weighted by atomic mass is 16.5. The summed E-state index contributed by atoms with van der Waals surface area (Å²) < 4.78 is 13.1. The van der Waals surface area contributed by atoms with Crippen molar-refractivity contribution in [3.63, 3.8) is 0 Å². The molecule has 2 aliphatic heterocycles. The SMILES string of the molecule is COc1cc(C)c(CN2CCc3nnc(C(NC(=O)C4CCOC4)C(C)C)n3CC2)cc1C. The number of nitrogens with zero attached hydrogens (tertiary/aromatic N) is 4. The molecule has 2 aliphatic rings. The molecule has 8 heteroatoms. The second-order valence-electron chi connectivity index (χ2n) is 9.69. The molecule has 1 N–H and O–H groups in total. The number of carbonyl (C=O) groups is 1. The van der Waals surface area contributed by atoms with E-state index in [1.165, 1.54) is 11.1 Å². The first kappa shape index (κ1) is 23.7. The van der Waals surface area contributed by atoms with Crippen LogP contribution in [-0.4, -0.2) is 59.0 Å². The Labute approximate surface area is 196 Å². The summed E-state index contributed by atoms with van der Waals surface area (Å²) in [7, 11) is 1.72. The predicted octanol–water partition coefficient (Wildman–Crippen LogP) is 2.81. The number of hydrogen-bond donors (Lipinski definition) is 1. The van der Waals surface area contributed by atoms with Crippen LogP contribution in [0.2, 0.25) is 0 Å². The normalized spacial score (nSPS) is 19.9. The van der Waals surface area contributed by atoms with E-state index in [1.807, 2.05) is 0 Å². The molecule has 180 valence electrons. The second-order valence-corrected chi connectivity index (χ2v) is 9.69. The van der Waals surface area contributed by atoms with Gasteiger partial charge in [0.25, 0.3) is 0 Å². The van der Waals surface area contributed by atoms with Gasteiger partial charge in [-0.3, -0.25) is 9.69 Å². The Morgan fingerprint density at radius 1 is 1.21 bits per heavy atom. The van der Waals surface area contributed by atoms with E-state index in [0.29, 0.717) is 13.2 Å². The molecule has 33 heavy (non-hydrogen) atoms. The van der Waals surface area contributed by atoms with Gasteiger partial charge in [-0.25, -0.2) is 0 Å². The van der Waals surface area contributed by atoms with Crippen LogP contribution in [0.3, 0.4) is 0 Å². The molecule has 1 aromatic heterocycles. The first-order valence-corrected chi connectivity index (χ1v) is 12.0. The molecule has 0 bridgehead atoms. The summed E-state index contributed by atoms with van der Waals surface area (Å²) >= 11 is 0. The maximum absolute atomic E-state index is 12.8. The highest BCUT2D eigenvalue weighted by Crippen LogP contribution is 2.26. The van der Waals surface area contributed by atoms with Crippen LogP contribution in [0.25, 0.3) is 0 Å². The molecule has 1 fully saturated rings. The molecule has 0 spiro atoms. The summed E-state index contributed by atoms with van der Waals surface area (Å²) in [5, 5.41) is 12.3. The fourth-order valence-corrected chi connectivity index (χ4v) is 4.80. The first-order chi connectivity index (χ1) is 15.9. The van der Waals surface area contributed by atoms with Crippen molar-refractivity contribution in [3.8, 4) is 5.75 Å². The number of methoxy groups -OCH3 is 1. The van der Waals surface area contributed by atoms with Crippen LogP contribution < -0.4 is 10.1 Å². The molecular weight excluding hydrogens is 418 g/mol. The smallest absolute Gasteiger partial charge is 0.226 e. The Morgan fingerprint density at radius 3 is 2.73 bits per heavy atom. The minimum absolute atomic E-state index is 0.0594. The van der Waals surface area contributed by atoms with E-state index in [2.05, 4.69) is 64.8 Å². The molecule has 0 aliphatic carbocycles. The van der Waals surface area contributed by atoms with Gasteiger partial charge < -0.3 is 19.4 Å². The largest absolute Gasteiger partial charge is 0.496 e. The standard InChI is InChI=1S/C25H37N5O3/c1-16(2)23(26-25(31)19-7-11-33-15-19)24-28-27-22-6-8-29(9-10-30(22)24)14-20-12-18(4)21(32-5)13-17(20)3/h12-13,16,19,23H,6-11,14-15H2,1-5H3,(H,26,31). The van der Waals surface area contributed by atoms with Gasteiger partial charge in [-0.15, -0.1) is 10.2 Å². The van der Waals surface area contributed by atoms with Crippen LogP contribution >= 0.6 is 0 Å². The van der Waals surface area contributed by atoms with Crippen molar-refractivity contribution < 1.29 is 14.3 Å². The van der Waals surface area contributed by atoms with Gasteiger partial charge in [0.05, 0.1) is 25.7 Å². The van der Waals surface area contributed by atoms with Gasteiger partial charge in [0.1, 0.15) is 11.6 Å². The Kier molecular flexibility index (Phi) is 7.34. The summed E-state index contributed by atoms with van der Waals surface area (Å²) in [6.07, 6.45) is 1.63. The van der Waals surface area contributed by atoms with Crippen LogP contribution in [0.5, 0.6) is 5.75 Å². The van der Waals surface area contributed by atoms with E-state index in [4.69, 9.17) is 9.47 Å². The first-order valence-electron chi connectivity index (χ1n) is 12.0. The van der Waals surface area contributed by atoms with E-state index < -0.39 is 0 Å². The molecule has 1 saturated heterocycles. The Balaban J connectivity index is 1.46. The molecule has 0 radical (unpaired) electrons. The molecule has 8 nitrogen and oxygen atoms in total. The van der Waals surface area contributed by atoms with Crippen molar-refractivity contribution in [1.82, 2.24) is 25.0 Å². The third kappa shape index (κ3) is 5.22. The third-order valence-corrected chi connectivity index (χ3v) is 6.94. The quantitative estimate of drug-likeness (QED) is 0.692. The lowest BCUT2D eigenvalue weighted by Crippen LogP contribution is -2.38. The molecule has 1 amide bonds. The number of hydrogen-bond acceptors (Lipinski definition) is 6. The maximum Gasteiger partial charge on any atom is 0.226 e. The number of benzene rings is 1. The van der Waals surface area contributed by atoms with Crippen molar-refractivity contribution in [2.75, 3.05) is 33.4 Å². The number of amides is 1. The monoisotopic (exact) mass is 455 g/mol. The molecule has 0 saturated carbocycles. The predicted molar refractivity (Wildman–Crippen MR) is 126 cm³/mol. The Bertz CT molecular complexity index is 981. The number of carbonyl (C=O) groups excluding carboxylic acids is 1. The lowest BCUT2D eigenvalue weighted by molar-refractivity contribution is -0.126. The van der Waals surface area contributed by atoms with Crippen molar-refractivity contribution in [2.24, 2.45) is 11.8 Å². The minimum Gasteiger partial charge on any atom is -0.496 e. The fraction of sp³-hybridized carbons (Fsp3) is 0.640. The van der Waals surface area contributed by atoms with Crippen LogP contribution in [0.15, 0.2) is 12.1 Å². The summed E-state index contributed by atoms with van der Waals surface area (Å²) in [5.74, 6) is 3.01. The third-order valence-electron chi connectivity index (χ3n) is 6.94. The van der Waals surface area contributed by atoms with Gasteiger partial charge in [0.15, 0.2) is 5.82 Å². The Hall–Kier alpha value is -2.45. The average molecular weight is 456 g/mol. The van der Waals surface area contributed by atoms with Crippen molar-refractivity contribution >= 4 is 5.91 Å². The summed E-state index contributed by atoms with van der Waals surface area (Å²) in [5.41, 5.74) is 3.74. The zero-order chi connectivity index (χ0) is 23.5. The van der Waals surface area contributed by atoms with E-state index in [-0.39, 0.29) is 23.8 Å². The van der Waals surface area contributed by atoms with Crippen molar-refractivity contribution in [1.29, 1.82) is 0 Å². The number of nitrogens with one attached hydrogen (secondary N) is 1. The van der Waals surface area contributed by atoms with E-state index in [1.54, 1.807) is 7.11 Å². The number of fused-ring (bicyclic) bond motifs is 1. The van der Waals surface area contributed by atoms with Gasteiger partial charge in [0, 0.05) is 39.2 Å². The molecule has 4 rings (SSSR count). The highest BCUT2D eigenvalue weighted by Gasteiger charge is 2.31. The molecule has 2 atom stereocenters. The van der Waals surface area contributed by atoms with Crippen molar-refractivity contribution in [2.45, 2.75) is 59.7 Å². The van der Waals surface area contributed by atoms with Gasteiger partial charge in [-0.1, -0.05) is 19.9 Å². The molecular formula is C25H37N5O3. The lowest BCUT2D eigenvalue weighted by atomic mass is 10.0. The van der Waals surface area contributed by atoms with Crippen molar-refractivity contribution in [3.05, 3.63) is 40.5 Å². The number of aryl methyl sites for hydroxylation is 2. The zero-order valence-electron chi connectivity index (χ0n) is 20.6. The number of aromatic nitrogens is 3. The van der Waals surface area contributed by atoms with Gasteiger partial charge in [0.2, 0.25) is 5.91 Å². The molecule has 2 aromatic rings. The van der Waals surface area contributed by atoms with Gasteiger partial charge in [-0.2, -0.15) is 0 Å². The highest BCUT2D eigenvalue weighted by molar-refractivity contribution is 5.79. The summed E-state index contributed by atoms with van der Waals surface area (Å²) in [6, 6.07) is 4.21. The van der Waals surface area contributed by atoms with E-state index in [9.17, 15) is 4.79 Å². The topological polar surface area (TPSA) is 81.5 Å². The second kappa shape index (κ2) is 10.2. The Morgan fingerprint density at radius 2 is 2.03 bits per heavy atom.